The number of aliphatic carboxylic acids is 1. The Balaban J connectivity index is 2.49. The molecule has 0 bridgehead atoms. The standard InChI is InChI=1S/C13H16N2O4S/c1-3-8(2)11(13(16)17)14-12-9-6-4-5-7-10(9)20(18,19)15-12/h4-8,11H,3H2,1-2H3,(H,14,15)(H,16,17)/p-1/t8-,11-/m1/s1. The molecule has 108 valence electrons. The van der Waals surface area contributed by atoms with E-state index >= 15 is 0 Å². The van der Waals surface area contributed by atoms with Gasteiger partial charge in [0.25, 0.3) is 10.0 Å². The number of aliphatic imine (C=N–C) groups is 1. The average Bonchev–Trinajstić information content (AvgIpc) is 2.67. The SMILES string of the molecule is CC[C@@H](C)[C@@H](N=C1NS(=O)(=O)c2ccccc21)C(=O)[O-]. The molecular weight excluding hydrogens is 280 g/mol. The molecule has 0 aromatic heterocycles. The molecule has 6 nitrogen and oxygen atoms in total. The van der Waals surface area contributed by atoms with Crippen LogP contribution in [-0.4, -0.2) is 26.3 Å². The van der Waals surface area contributed by atoms with Crippen LogP contribution >= 0.6 is 0 Å². The van der Waals surface area contributed by atoms with Gasteiger partial charge < -0.3 is 9.90 Å². The van der Waals surface area contributed by atoms with Crippen molar-refractivity contribution in [3.63, 3.8) is 0 Å². The quantitative estimate of drug-likeness (QED) is 0.837. The van der Waals surface area contributed by atoms with Crippen molar-refractivity contribution in [1.29, 1.82) is 0 Å². The van der Waals surface area contributed by atoms with Crippen molar-refractivity contribution >= 4 is 21.8 Å². The highest BCUT2D eigenvalue weighted by Crippen LogP contribution is 2.23. The fourth-order valence-electron chi connectivity index (χ4n) is 2.00. The molecule has 1 aromatic rings. The highest BCUT2D eigenvalue weighted by Gasteiger charge is 2.31. The summed E-state index contributed by atoms with van der Waals surface area (Å²) in [5.74, 6) is -1.49. The summed E-state index contributed by atoms with van der Waals surface area (Å²) >= 11 is 0. The molecule has 1 aromatic carbocycles. The van der Waals surface area contributed by atoms with Crippen LogP contribution in [-0.2, 0) is 14.8 Å². The lowest BCUT2D eigenvalue weighted by atomic mass is 10.00. The van der Waals surface area contributed by atoms with E-state index < -0.39 is 22.0 Å². The third-order valence-corrected chi connectivity index (χ3v) is 4.75. The van der Waals surface area contributed by atoms with Crippen molar-refractivity contribution in [2.75, 3.05) is 0 Å². The summed E-state index contributed by atoms with van der Waals surface area (Å²) in [5.41, 5.74) is 0.391. The van der Waals surface area contributed by atoms with Gasteiger partial charge >= 0.3 is 0 Å². The van der Waals surface area contributed by atoms with Crippen LogP contribution in [0.15, 0.2) is 34.2 Å². The van der Waals surface area contributed by atoms with E-state index in [0.717, 1.165) is 0 Å². The van der Waals surface area contributed by atoms with Gasteiger partial charge in [0, 0.05) is 5.56 Å². The summed E-state index contributed by atoms with van der Waals surface area (Å²) in [6, 6.07) is 5.25. The highest BCUT2D eigenvalue weighted by atomic mass is 32.2. The van der Waals surface area contributed by atoms with E-state index in [1.807, 2.05) is 6.92 Å². The Morgan fingerprint density at radius 2 is 2.05 bits per heavy atom. The van der Waals surface area contributed by atoms with E-state index in [1.165, 1.54) is 6.07 Å². The zero-order chi connectivity index (χ0) is 14.9. The number of hydrogen-bond donors (Lipinski definition) is 1. The monoisotopic (exact) mass is 295 g/mol. The molecule has 0 spiro atoms. The third kappa shape index (κ3) is 2.53. The van der Waals surface area contributed by atoms with E-state index in [4.69, 9.17) is 0 Å². The molecule has 0 fully saturated rings. The van der Waals surface area contributed by atoms with Gasteiger partial charge in [0.15, 0.2) is 0 Å². The van der Waals surface area contributed by atoms with Gasteiger partial charge in [-0.1, -0.05) is 32.4 Å². The fourth-order valence-corrected chi connectivity index (χ4v) is 3.24. The van der Waals surface area contributed by atoms with Gasteiger partial charge in [0.1, 0.15) is 5.84 Å². The second-order valence-electron chi connectivity index (χ2n) is 4.73. The van der Waals surface area contributed by atoms with Crippen LogP contribution in [0.2, 0.25) is 0 Å². The van der Waals surface area contributed by atoms with Gasteiger partial charge in [0.2, 0.25) is 0 Å². The molecule has 1 heterocycles. The van der Waals surface area contributed by atoms with E-state index in [9.17, 15) is 18.3 Å². The number of carboxylic acids is 1. The molecular formula is C13H15N2O4S-. The number of sulfonamides is 1. The minimum atomic E-state index is -3.65. The van der Waals surface area contributed by atoms with Crippen molar-refractivity contribution in [3.8, 4) is 0 Å². The summed E-state index contributed by atoms with van der Waals surface area (Å²) in [4.78, 5) is 15.3. The lowest BCUT2D eigenvalue weighted by molar-refractivity contribution is -0.308. The number of nitrogens with one attached hydrogen (secondary N) is 1. The normalized spacial score (nSPS) is 21.0. The van der Waals surface area contributed by atoms with Gasteiger partial charge in [-0.25, -0.2) is 8.42 Å². The largest absolute Gasteiger partial charge is 0.548 e. The topological polar surface area (TPSA) is 98.7 Å². The van der Waals surface area contributed by atoms with Gasteiger partial charge in [-0.2, -0.15) is 0 Å². The predicted molar refractivity (Wildman–Crippen MR) is 71.6 cm³/mol. The molecule has 20 heavy (non-hydrogen) atoms. The van der Waals surface area contributed by atoms with E-state index in [2.05, 4.69) is 9.71 Å². The van der Waals surface area contributed by atoms with Gasteiger partial charge in [0.05, 0.1) is 16.9 Å². The number of carboxylic acid groups (broad SMARTS) is 1. The molecule has 1 aliphatic rings. The first-order valence-electron chi connectivity index (χ1n) is 6.27. The van der Waals surface area contributed by atoms with Gasteiger partial charge in [-0.05, 0) is 18.1 Å². The Morgan fingerprint density at radius 3 is 2.65 bits per heavy atom. The summed E-state index contributed by atoms with van der Waals surface area (Å²) in [7, 11) is -3.65. The number of hydrogen-bond acceptors (Lipinski definition) is 5. The summed E-state index contributed by atoms with van der Waals surface area (Å²) in [6.07, 6.45) is 0.601. The second-order valence-corrected chi connectivity index (χ2v) is 6.38. The molecule has 0 amide bonds. The van der Waals surface area contributed by atoms with Crippen molar-refractivity contribution in [1.82, 2.24) is 4.72 Å². The number of benzene rings is 1. The minimum Gasteiger partial charge on any atom is -0.548 e. The number of carbonyl (C=O) groups excluding carboxylic acids is 1. The Bertz CT molecular complexity index is 667. The first kappa shape index (κ1) is 14.5. The third-order valence-electron chi connectivity index (χ3n) is 3.36. The van der Waals surface area contributed by atoms with Crippen molar-refractivity contribution in [3.05, 3.63) is 29.8 Å². The molecule has 0 unspecified atom stereocenters. The van der Waals surface area contributed by atoms with Crippen molar-refractivity contribution in [2.24, 2.45) is 10.9 Å². The molecule has 2 atom stereocenters. The fraction of sp³-hybridized carbons (Fsp3) is 0.385. The molecule has 1 N–H and O–H groups in total. The molecule has 0 radical (unpaired) electrons. The molecule has 0 aliphatic carbocycles. The molecule has 0 saturated heterocycles. The van der Waals surface area contributed by atoms with E-state index in [1.54, 1.807) is 25.1 Å². The lowest BCUT2D eigenvalue weighted by Gasteiger charge is -2.20. The number of fused-ring (bicyclic) bond motifs is 1. The molecule has 0 saturated carbocycles. The Labute approximate surface area is 117 Å². The number of amidine groups is 1. The first-order chi connectivity index (χ1) is 9.36. The minimum absolute atomic E-state index is 0.0649. The maximum atomic E-state index is 11.9. The summed E-state index contributed by atoms with van der Waals surface area (Å²) in [6.45, 7) is 3.58. The summed E-state index contributed by atoms with van der Waals surface area (Å²) < 4.78 is 26.1. The van der Waals surface area contributed by atoms with Crippen LogP contribution in [0.25, 0.3) is 0 Å². The van der Waals surface area contributed by atoms with E-state index in [-0.39, 0.29) is 16.6 Å². The van der Waals surface area contributed by atoms with Crippen molar-refractivity contribution < 1.29 is 18.3 Å². The number of carbonyl (C=O) groups is 1. The second kappa shape index (κ2) is 5.24. The van der Waals surface area contributed by atoms with Gasteiger partial charge in [-0.15, -0.1) is 0 Å². The zero-order valence-corrected chi connectivity index (χ0v) is 12.0. The Kier molecular flexibility index (Phi) is 3.80. The van der Waals surface area contributed by atoms with E-state index in [0.29, 0.717) is 12.0 Å². The lowest BCUT2D eigenvalue weighted by Crippen LogP contribution is -2.40. The molecule has 2 rings (SSSR count). The Morgan fingerprint density at radius 1 is 1.40 bits per heavy atom. The van der Waals surface area contributed by atoms with Crippen LogP contribution in [0.3, 0.4) is 0 Å². The number of nitrogens with zero attached hydrogens (tertiary/aromatic N) is 1. The maximum absolute atomic E-state index is 11.9. The maximum Gasteiger partial charge on any atom is 0.263 e. The average molecular weight is 295 g/mol. The Hall–Kier alpha value is -1.89. The van der Waals surface area contributed by atoms with Crippen LogP contribution in [0, 0.1) is 5.92 Å². The molecule has 1 aliphatic heterocycles. The van der Waals surface area contributed by atoms with Crippen LogP contribution in [0.4, 0.5) is 0 Å². The zero-order valence-electron chi connectivity index (χ0n) is 11.2. The van der Waals surface area contributed by atoms with Gasteiger partial charge in [-0.3, -0.25) is 9.71 Å². The van der Waals surface area contributed by atoms with Crippen LogP contribution < -0.4 is 9.83 Å². The predicted octanol–water partition coefficient (Wildman–Crippen LogP) is -0.110. The molecule has 7 heteroatoms. The smallest absolute Gasteiger partial charge is 0.263 e. The highest BCUT2D eigenvalue weighted by molar-refractivity contribution is 7.90. The van der Waals surface area contributed by atoms with Crippen LogP contribution in [0.1, 0.15) is 25.8 Å². The number of rotatable bonds is 4. The first-order valence-corrected chi connectivity index (χ1v) is 7.76. The summed E-state index contributed by atoms with van der Waals surface area (Å²) in [5, 5.41) is 11.2. The van der Waals surface area contributed by atoms with Crippen molar-refractivity contribution in [2.45, 2.75) is 31.2 Å². The van der Waals surface area contributed by atoms with Crippen LogP contribution in [0.5, 0.6) is 0 Å².